The summed E-state index contributed by atoms with van der Waals surface area (Å²) in [4.78, 5) is 48.6. The highest BCUT2D eigenvalue weighted by Gasteiger charge is 2.41. The first-order valence-electron chi connectivity index (χ1n) is 24.7. The molecule has 0 saturated carbocycles. The second-order valence-corrected chi connectivity index (χ2v) is 23.4. The molecule has 4 aliphatic heterocycles. The van der Waals surface area contributed by atoms with Gasteiger partial charge in [0.25, 0.3) is 11.8 Å². The van der Waals surface area contributed by atoms with Crippen LogP contribution in [0.5, 0.6) is 0 Å². The standard InChI is InChI=1S/C25H34N4O6S.C16H25N3O3.C9H11NO4S/c1-4-29-22-20(16-25(17-26-23(22)30)11-14-34-15-12-25)21(27-29)6-5-13-35-24(31)18-7-9-19(10-8-18)36(32,33)28(2)3;1-2-19-14-12(13(18-19)4-3-7-20)10-16(11-17-15(14)21)5-8-22-9-6-16;1-10(2)15(13,14)8-5-3-7(4-6-8)9(11)12/h7-10H,4-6,11-17H2,1-3H3,(H,26,30);20H,2-11H2,1H3,(H,17,21);3-6H,1-2H3,(H,11,12). The number of rotatable bonds is 15. The number of carbonyl (C=O) groups is 4. The Bertz CT molecular complexity index is 2800. The maximum absolute atomic E-state index is 12.9. The minimum absolute atomic E-state index is 0.0111. The number of nitrogens with one attached hydrogen (secondary N) is 2. The molecule has 400 valence electrons. The van der Waals surface area contributed by atoms with Gasteiger partial charge in [-0.15, -0.1) is 0 Å². The second-order valence-electron chi connectivity index (χ2n) is 19.1. The van der Waals surface area contributed by atoms with E-state index < -0.39 is 32.0 Å². The maximum Gasteiger partial charge on any atom is 0.338 e. The van der Waals surface area contributed by atoms with E-state index in [1.807, 2.05) is 18.5 Å². The van der Waals surface area contributed by atoms with Crippen molar-refractivity contribution < 1.29 is 60.4 Å². The summed E-state index contributed by atoms with van der Waals surface area (Å²) in [6.45, 7) is 9.87. The van der Waals surface area contributed by atoms with Crippen molar-refractivity contribution in [1.82, 2.24) is 38.8 Å². The predicted molar refractivity (Wildman–Crippen MR) is 268 cm³/mol. The van der Waals surface area contributed by atoms with E-state index in [0.29, 0.717) is 64.3 Å². The maximum atomic E-state index is 12.9. The van der Waals surface area contributed by atoms with Crippen LogP contribution in [-0.4, -0.2) is 160 Å². The van der Waals surface area contributed by atoms with Crippen LogP contribution in [0, 0.1) is 10.8 Å². The Hall–Kier alpha value is -5.56. The topological polar surface area (TPSA) is 271 Å². The van der Waals surface area contributed by atoms with E-state index in [4.69, 9.17) is 29.5 Å². The van der Waals surface area contributed by atoms with Gasteiger partial charge in [-0.05, 0) is 137 Å². The van der Waals surface area contributed by atoms with E-state index in [2.05, 4.69) is 15.7 Å². The molecule has 2 amide bonds. The first kappa shape index (κ1) is 56.7. The number of benzene rings is 2. The number of carboxylic acids is 1. The molecule has 2 aromatic heterocycles. The summed E-state index contributed by atoms with van der Waals surface area (Å²) in [7, 11) is -1.30. The van der Waals surface area contributed by atoms with Gasteiger partial charge < -0.3 is 35.1 Å². The van der Waals surface area contributed by atoms with Gasteiger partial charge in [-0.1, -0.05) is 0 Å². The van der Waals surface area contributed by atoms with E-state index >= 15 is 0 Å². The summed E-state index contributed by atoms with van der Waals surface area (Å²) >= 11 is 0. The molecule has 0 radical (unpaired) electrons. The number of nitrogens with zero attached hydrogens (tertiary/aromatic N) is 6. The number of hydrogen-bond donors (Lipinski definition) is 4. The third kappa shape index (κ3) is 13.4. The summed E-state index contributed by atoms with van der Waals surface area (Å²) in [5, 5.41) is 33.3. The highest BCUT2D eigenvalue weighted by Crippen LogP contribution is 2.39. The molecule has 4 aromatic rings. The molecular formula is C50H70N8O13S2. The number of carboxylic acid groups (broad SMARTS) is 1. The van der Waals surface area contributed by atoms with Crippen molar-refractivity contribution in [1.29, 1.82) is 0 Å². The molecule has 73 heavy (non-hydrogen) atoms. The molecular weight excluding hydrogens is 985 g/mol. The van der Waals surface area contributed by atoms with Gasteiger partial charge in [-0.2, -0.15) is 10.2 Å². The molecule has 8 rings (SSSR count). The van der Waals surface area contributed by atoms with Gasteiger partial charge >= 0.3 is 11.9 Å². The van der Waals surface area contributed by atoms with Crippen LogP contribution in [0.2, 0.25) is 0 Å². The van der Waals surface area contributed by atoms with Crippen LogP contribution < -0.4 is 10.6 Å². The van der Waals surface area contributed by atoms with E-state index in [1.54, 1.807) is 4.68 Å². The van der Waals surface area contributed by atoms with Gasteiger partial charge in [0.15, 0.2) is 0 Å². The molecule has 4 N–H and O–H groups in total. The molecule has 4 aliphatic rings. The summed E-state index contributed by atoms with van der Waals surface area (Å²) < 4.78 is 69.9. The number of aromatic carboxylic acids is 1. The summed E-state index contributed by atoms with van der Waals surface area (Å²) in [5.41, 5.74) is 5.73. The van der Waals surface area contributed by atoms with Crippen molar-refractivity contribution >= 4 is 43.8 Å². The number of ether oxygens (including phenoxy) is 3. The lowest BCUT2D eigenvalue weighted by Gasteiger charge is -2.36. The average Bonchev–Trinajstić information content (AvgIpc) is 3.82. The largest absolute Gasteiger partial charge is 0.478 e. The number of carbonyl (C=O) groups excluding carboxylic acids is 3. The Balaban J connectivity index is 0.000000199. The Morgan fingerprint density at radius 2 is 1.07 bits per heavy atom. The number of aromatic nitrogens is 4. The monoisotopic (exact) mass is 1050 g/mol. The number of amides is 2. The van der Waals surface area contributed by atoms with Crippen LogP contribution in [-0.2, 0) is 73.0 Å². The van der Waals surface area contributed by atoms with Gasteiger partial charge in [0, 0.05) is 98.5 Å². The number of aliphatic hydroxyl groups excluding tert-OH is 1. The molecule has 2 fully saturated rings. The van der Waals surface area contributed by atoms with Crippen LogP contribution in [0.3, 0.4) is 0 Å². The minimum atomic E-state index is -3.56. The van der Waals surface area contributed by atoms with Crippen LogP contribution in [0.25, 0.3) is 0 Å². The van der Waals surface area contributed by atoms with E-state index in [0.717, 1.165) is 95.0 Å². The number of aliphatic hydroxyl groups is 1. The lowest BCUT2D eigenvalue weighted by atomic mass is 9.75. The zero-order valence-corrected chi connectivity index (χ0v) is 44.3. The van der Waals surface area contributed by atoms with Crippen molar-refractivity contribution in [2.24, 2.45) is 10.8 Å². The van der Waals surface area contributed by atoms with Crippen molar-refractivity contribution in [3.8, 4) is 0 Å². The van der Waals surface area contributed by atoms with Crippen LogP contribution >= 0.6 is 0 Å². The highest BCUT2D eigenvalue weighted by molar-refractivity contribution is 7.89. The number of sulfonamides is 2. The smallest absolute Gasteiger partial charge is 0.338 e. The summed E-state index contributed by atoms with van der Waals surface area (Å²) in [5.74, 6) is -1.69. The van der Waals surface area contributed by atoms with Crippen molar-refractivity contribution in [3.63, 3.8) is 0 Å². The van der Waals surface area contributed by atoms with E-state index in [9.17, 15) is 36.0 Å². The quantitative estimate of drug-likeness (QED) is 0.0979. The van der Waals surface area contributed by atoms with Crippen LogP contribution in [0.15, 0.2) is 58.3 Å². The normalized spacial score (nSPS) is 17.2. The predicted octanol–water partition coefficient (Wildman–Crippen LogP) is 3.57. The fourth-order valence-electron chi connectivity index (χ4n) is 9.42. The number of esters is 1. The molecule has 23 heteroatoms. The number of aryl methyl sites for hydroxylation is 4. The number of fused-ring (bicyclic) bond motifs is 2. The first-order chi connectivity index (χ1) is 34.7. The third-order valence-corrected chi connectivity index (χ3v) is 17.5. The third-order valence-electron chi connectivity index (χ3n) is 13.9. The van der Waals surface area contributed by atoms with Crippen molar-refractivity contribution in [3.05, 3.63) is 93.6 Å². The fourth-order valence-corrected chi connectivity index (χ4v) is 11.2. The highest BCUT2D eigenvalue weighted by atomic mass is 32.2. The van der Waals surface area contributed by atoms with Crippen LogP contribution in [0.4, 0.5) is 0 Å². The molecule has 6 heterocycles. The molecule has 0 bridgehead atoms. The molecule has 2 saturated heterocycles. The van der Waals surface area contributed by atoms with Gasteiger partial charge in [-0.3, -0.25) is 19.0 Å². The van der Waals surface area contributed by atoms with Gasteiger partial charge in [0.1, 0.15) is 11.4 Å². The molecule has 2 spiro atoms. The lowest BCUT2D eigenvalue weighted by molar-refractivity contribution is 0.0159. The Morgan fingerprint density at radius 1 is 0.671 bits per heavy atom. The Labute approximate surface area is 427 Å². The van der Waals surface area contributed by atoms with Crippen LogP contribution in [0.1, 0.15) is 117 Å². The molecule has 0 atom stereocenters. The minimum Gasteiger partial charge on any atom is -0.478 e. The molecule has 21 nitrogen and oxygen atoms in total. The van der Waals surface area contributed by atoms with Gasteiger partial charge in [0.2, 0.25) is 20.0 Å². The average molecular weight is 1060 g/mol. The SMILES string of the molecule is CCn1nc(CCCO)c2c1C(=O)NCC1(CCOCC1)C2.CCn1nc(CCCOC(=O)c2ccc(S(=O)(=O)N(C)C)cc2)c2c1C(=O)NCC1(CCOCC1)C2.CN(C)S(=O)(=O)c1ccc(C(=O)O)cc1. The molecule has 2 aromatic carbocycles. The lowest BCUT2D eigenvalue weighted by Crippen LogP contribution is -2.40. The van der Waals surface area contributed by atoms with Crippen molar-refractivity contribution in [2.75, 3.05) is 80.9 Å². The first-order valence-corrected chi connectivity index (χ1v) is 27.5. The molecule has 0 unspecified atom stereocenters. The van der Waals surface area contributed by atoms with Gasteiger partial charge in [-0.25, -0.2) is 35.0 Å². The van der Waals surface area contributed by atoms with E-state index in [1.165, 1.54) is 76.7 Å². The zero-order valence-electron chi connectivity index (χ0n) is 42.6. The van der Waals surface area contributed by atoms with Gasteiger partial charge in [0.05, 0.1) is 38.9 Å². The Kier molecular flexibility index (Phi) is 19.2. The van der Waals surface area contributed by atoms with Crippen molar-refractivity contribution in [2.45, 2.75) is 101 Å². The Morgan fingerprint density at radius 3 is 1.44 bits per heavy atom. The fraction of sp³-hybridized carbons (Fsp3) is 0.560. The summed E-state index contributed by atoms with van der Waals surface area (Å²) in [6.07, 6.45) is 7.97. The number of hydrogen-bond acceptors (Lipinski definition) is 14. The summed E-state index contributed by atoms with van der Waals surface area (Å²) in [6, 6.07) is 10.8. The molecule has 0 aliphatic carbocycles. The second kappa shape index (κ2) is 24.6. The van der Waals surface area contributed by atoms with E-state index in [-0.39, 0.29) is 56.8 Å². The zero-order chi connectivity index (χ0) is 53.1.